The summed E-state index contributed by atoms with van der Waals surface area (Å²) in [6.45, 7) is 7.70. The Morgan fingerprint density at radius 1 is 1.32 bits per heavy atom. The molecule has 0 amide bonds. The van der Waals surface area contributed by atoms with Gasteiger partial charge in [-0.3, -0.25) is 0 Å². The van der Waals surface area contributed by atoms with Crippen LogP contribution in [0.1, 0.15) is 31.9 Å². The first-order valence-corrected chi connectivity index (χ1v) is 7.23. The zero-order chi connectivity index (χ0) is 13.5. The van der Waals surface area contributed by atoms with Crippen molar-refractivity contribution >= 4 is 0 Å². The molecule has 3 heteroatoms. The Hall–Kier alpha value is -0.900. The maximum atomic E-state index is 6.12. The highest BCUT2D eigenvalue weighted by atomic mass is 16.5. The van der Waals surface area contributed by atoms with Crippen LogP contribution in [-0.4, -0.2) is 32.4 Å². The highest BCUT2D eigenvalue weighted by Crippen LogP contribution is 2.20. The Kier molecular flexibility index (Phi) is 5.83. The van der Waals surface area contributed by atoms with Gasteiger partial charge in [0, 0.05) is 25.1 Å². The number of rotatable bonds is 7. The van der Waals surface area contributed by atoms with Gasteiger partial charge >= 0.3 is 0 Å². The Bertz CT molecular complexity index is 347. The summed E-state index contributed by atoms with van der Waals surface area (Å²) in [6.07, 6.45) is 1.25. The molecular weight excluding hydrogens is 238 g/mol. The fraction of sp³-hybridized carbons (Fsp3) is 0.625. The second-order valence-corrected chi connectivity index (χ2v) is 5.53. The summed E-state index contributed by atoms with van der Waals surface area (Å²) in [5, 5.41) is 3.46. The zero-order valence-electron chi connectivity index (χ0n) is 12.0. The fourth-order valence-corrected chi connectivity index (χ4v) is 2.25. The summed E-state index contributed by atoms with van der Waals surface area (Å²) < 4.78 is 11.5. The van der Waals surface area contributed by atoms with Gasteiger partial charge in [-0.05, 0) is 12.0 Å². The number of ether oxygens (including phenoxy) is 2. The van der Waals surface area contributed by atoms with Gasteiger partial charge in [0.1, 0.15) is 0 Å². The second-order valence-electron chi connectivity index (χ2n) is 5.53. The minimum atomic E-state index is 0.129. The third kappa shape index (κ3) is 4.94. The molecule has 2 rings (SSSR count). The quantitative estimate of drug-likeness (QED) is 0.820. The summed E-state index contributed by atoms with van der Waals surface area (Å²) in [6, 6.07) is 10.9. The molecule has 1 fully saturated rings. The standard InChI is InChI=1S/C16H25NO2/c1-13(2)17-10-16(15-6-4-3-5-7-15)19-12-14-8-9-18-11-14/h3-7,13-14,16-17H,8-12H2,1-2H3. The van der Waals surface area contributed by atoms with Gasteiger partial charge in [-0.1, -0.05) is 44.2 Å². The van der Waals surface area contributed by atoms with Crippen LogP contribution < -0.4 is 5.32 Å². The Balaban J connectivity index is 1.89. The normalized spacial score (nSPS) is 20.9. The SMILES string of the molecule is CC(C)NCC(OCC1CCOC1)c1ccccc1. The van der Waals surface area contributed by atoms with Crippen LogP contribution in [0.15, 0.2) is 30.3 Å². The first-order valence-electron chi connectivity index (χ1n) is 7.23. The predicted molar refractivity (Wildman–Crippen MR) is 77.2 cm³/mol. The number of benzene rings is 1. The van der Waals surface area contributed by atoms with E-state index < -0.39 is 0 Å². The van der Waals surface area contributed by atoms with Crippen LogP contribution in [0.4, 0.5) is 0 Å². The molecule has 1 aromatic carbocycles. The van der Waals surface area contributed by atoms with Crippen molar-refractivity contribution in [3.63, 3.8) is 0 Å². The van der Waals surface area contributed by atoms with Crippen LogP contribution in [0.5, 0.6) is 0 Å². The number of nitrogens with one attached hydrogen (secondary N) is 1. The molecule has 3 nitrogen and oxygen atoms in total. The molecule has 1 saturated heterocycles. The molecule has 19 heavy (non-hydrogen) atoms. The molecule has 106 valence electrons. The smallest absolute Gasteiger partial charge is 0.0949 e. The average molecular weight is 263 g/mol. The Labute approximate surface area is 116 Å². The van der Waals surface area contributed by atoms with E-state index in [4.69, 9.17) is 9.47 Å². The first-order chi connectivity index (χ1) is 9.25. The number of hydrogen-bond acceptors (Lipinski definition) is 3. The van der Waals surface area contributed by atoms with Crippen LogP contribution in [0.2, 0.25) is 0 Å². The van der Waals surface area contributed by atoms with E-state index in [2.05, 4.69) is 43.4 Å². The highest BCUT2D eigenvalue weighted by molar-refractivity contribution is 5.18. The van der Waals surface area contributed by atoms with Crippen LogP contribution in [0, 0.1) is 5.92 Å². The van der Waals surface area contributed by atoms with Crippen molar-refractivity contribution in [3.8, 4) is 0 Å². The largest absolute Gasteiger partial charge is 0.381 e. The molecule has 0 radical (unpaired) electrons. The maximum Gasteiger partial charge on any atom is 0.0949 e. The monoisotopic (exact) mass is 263 g/mol. The Morgan fingerprint density at radius 3 is 2.74 bits per heavy atom. The molecule has 1 aliphatic heterocycles. The highest BCUT2D eigenvalue weighted by Gasteiger charge is 2.19. The predicted octanol–water partition coefficient (Wildman–Crippen LogP) is 2.78. The zero-order valence-corrected chi connectivity index (χ0v) is 12.0. The molecule has 0 saturated carbocycles. The van der Waals surface area contributed by atoms with Gasteiger partial charge in [-0.15, -0.1) is 0 Å². The van der Waals surface area contributed by atoms with Crippen LogP contribution in [-0.2, 0) is 9.47 Å². The molecule has 1 aromatic rings. The van der Waals surface area contributed by atoms with Gasteiger partial charge in [0.05, 0.1) is 19.3 Å². The van der Waals surface area contributed by atoms with E-state index >= 15 is 0 Å². The molecular formula is C16H25NO2. The third-order valence-electron chi connectivity index (χ3n) is 3.44. The lowest BCUT2D eigenvalue weighted by Crippen LogP contribution is -2.30. The van der Waals surface area contributed by atoms with E-state index in [-0.39, 0.29) is 6.10 Å². The van der Waals surface area contributed by atoms with E-state index in [0.29, 0.717) is 12.0 Å². The molecule has 1 aliphatic rings. The van der Waals surface area contributed by atoms with Crippen molar-refractivity contribution in [1.29, 1.82) is 0 Å². The van der Waals surface area contributed by atoms with Crippen molar-refractivity contribution in [3.05, 3.63) is 35.9 Å². The van der Waals surface area contributed by atoms with Crippen molar-refractivity contribution in [2.24, 2.45) is 5.92 Å². The van der Waals surface area contributed by atoms with Crippen molar-refractivity contribution < 1.29 is 9.47 Å². The van der Waals surface area contributed by atoms with E-state index in [9.17, 15) is 0 Å². The average Bonchev–Trinajstić information content (AvgIpc) is 2.93. The molecule has 2 atom stereocenters. The fourth-order valence-electron chi connectivity index (χ4n) is 2.25. The van der Waals surface area contributed by atoms with Gasteiger partial charge in [-0.2, -0.15) is 0 Å². The lowest BCUT2D eigenvalue weighted by atomic mass is 10.1. The molecule has 1 N–H and O–H groups in total. The van der Waals surface area contributed by atoms with Gasteiger partial charge in [0.15, 0.2) is 0 Å². The van der Waals surface area contributed by atoms with E-state index in [1.807, 2.05) is 6.07 Å². The van der Waals surface area contributed by atoms with E-state index in [1.54, 1.807) is 0 Å². The number of hydrogen-bond donors (Lipinski definition) is 1. The Morgan fingerprint density at radius 2 is 2.11 bits per heavy atom. The van der Waals surface area contributed by atoms with Crippen molar-refractivity contribution in [1.82, 2.24) is 5.32 Å². The van der Waals surface area contributed by atoms with Gasteiger partial charge in [0.25, 0.3) is 0 Å². The second kappa shape index (κ2) is 7.63. The lowest BCUT2D eigenvalue weighted by Gasteiger charge is -2.22. The summed E-state index contributed by atoms with van der Waals surface area (Å²) in [7, 11) is 0. The van der Waals surface area contributed by atoms with Crippen LogP contribution in [0.3, 0.4) is 0 Å². The summed E-state index contributed by atoms with van der Waals surface area (Å²) in [5.41, 5.74) is 1.24. The van der Waals surface area contributed by atoms with Crippen LogP contribution in [0.25, 0.3) is 0 Å². The minimum absolute atomic E-state index is 0.129. The molecule has 1 heterocycles. The molecule has 0 spiro atoms. The van der Waals surface area contributed by atoms with E-state index in [1.165, 1.54) is 5.56 Å². The third-order valence-corrected chi connectivity index (χ3v) is 3.44. The lowest BCUT2D eigenvalue weighted by molar-refractivity contribution is 0.0244. The molecule has 2 unspecified atom stereocenters. The summed E-state index contributed by atoms with van der Waals surface area (Å²) in [5.74, 6) is 0.560. The van der Waals surface area contributed by atoms with Gasteiger partial charge in [0.2, 0.25) is 0 Å². The molecule has 0 aliphatic carbocycles. The minimum Gasteiger partial charge on any atom is -0.381 e. The van der Waals surface area contributed by atoms with Gasteiger partial charge < -0.3 is 14.8 Å². The summed E-state index contributed by atoms with van der Waals surface area (Å²) in [4.78, 5) is 0. The topological polar surface area (TPSA) is 30.5 Å². The molecule has 0 bridgehead atoms. The van der Waals surface area contributed by atoms with Crippen molar-refractivity contribution in [2.75, 3.05) is 26.4 Å². The summed E-state index contributed by atoms with van der Waals surface area (Å²) >= 11 is 0. The van der Waals surface area contributed by atoms with Gasteiger partial charge in [-0.25, -0.2) is 0 Å². The van der Waals surface area contributed by atoms with E-state index in [0.717, 1.165) is 32.8 Å². The first kappa shape index (κ1) is 14.5. The van der Waals surface area contributed by atoms with Crippen molar-refractivity contribution in [2.45, 2.75) is 32.4 Å². The van der Waals surface area contributed by atoms with Crippen LogP contribution >= 0.6 is 0 Å². The maximum absolute atomic E-state index is 6.12. The molecule has 0 aromatic heterocycles.